The Labute approximate surface area is 110 Å². The molecule has 1 fully saturated rings. The summed E-state index contributed by atoms with van der Waals surface area (Å²) in [6.07, 6.45) is 0. The first-order valence-corrected chi connectivity index (χ1v) is 7.09. The van der Waals surface area contributed by atoms with Crippen LogP contribution < -0.4 is 10.6 Å². The normalized spacial score (nSPS) is 20.4. The molecule has 92 valence electrons. The lowest BCUT2D eigenvalue weighted by molar-refractivity contribution is 0.621. The van der Waals surface area contributed by atoms with Gasteiger partial charge in [-0.15, -0.1) is 0 Å². The summed E-state index contributed by atoms with van der Waals surface area (Å²) in [4.78, 5) is 2.33. The minimum atomic E-state index is -0.333. The molecule has 1 aromatic rings. The highest BCUT2D eigenvalue weighted by Gasteiger charge is 2.20. The summed E-state index contributed by atoms with van der Waals surface area (Å²) in [6, 6.07) is 5.52. The summed E-state index contributed by atoms with van der Waals surface area (Å²) in [5.41, 5.74) is 6.68. The van der Waals surface area contributed by atoms with Crippen molar-refractivity contribution < 1.29 is 4.39 Å². The number of hydrogen-bond donors (Lipinski definition) is 1. The van der Waals surface area contributed by atoms with Crippen LogP contribution in [0.4, 0.5) is 10.1 Å². The predicted octanol–water partition coefficient (Wildman–Crippen LogP) is 2.40. The van der Waals surface area contributed by atoms with Crippen molar-refractivity contribution in [2.45, 2.75) is 13.0 Å². The second-order valence-electron chi connectivity index (χ2n) is 4.15. The lowest BCUT2D eigenvalue weighted by Gasteiger charge is -2.35. The van der Waals surface area contributed by atoms with Gasteiger partial charge >= 0.3 is 0 Å². The molecule has 1 atom stereocenters. The Bertz CT molecular complexity index is 437. The Balaban J connectivity index is 2.27. The maximum atomic E-state index is 13.8. The van der Waals surface area contributed by atoms with Crippen LogP contribution in [0.1, 0.15) is 12.5 Å². The fraction of sp³-hybridized carbons (Fsp3) is 0.417. The Morgan fingerprint density at radius 1 is 1.59 bits per heavy atom. The molecule has 0 spiro atoms. The standard InChI is InChI=1S/C12H15FN2S2/c1-8-7-17-5-4-15(8)9-2-3-10(12(14)16)11(13)6-9/h2-3,6,8H,4-5,7H2,1H3,(H2,14,16). The first-order valence-electron chi connectivity index (χ1n) is 5.53. The zero-order valence-corrected chi connectivity index (χ0v) is 11.3. The molecule has 0 amide bonds. The zero-order valence-electron chi connectivity index (χ0n) is 9.65. The first-order chi connectivity index (χ1) is 8.09. The third-order valence-corrected chi connectivity index (χ3v) is 4.33. The van der Waals surface area contributed by atoms with Gasteiger partial charge in [-0.2, -0.15) is 11.8 Å². The molecule has 2 rings (SSSR count). The van der Waals surface area contributed by atoms with Gasteiger partial charge in [0.05, 0.1) is 0 Å². The van der Waals surface area contributed by atoms with Crippen LogP contribution in [-0.2, 0) is 0 Å². The number of thiocarbonyl (C=S) groups is 1. The van der Waals surface area contributed by atoms with E-state index in [4.69, 9.17) is 18.0 Å². The molecular formula is C12H15FN2S2. The molecule has 1 aliphatic heterocycles. The van der Waals surface area contributed by atoms with Gasteiger partial charge in [-0.3, -0.25) is 0 Å². The van der Waals surface area contributed by atoms with Crippen LogP contribution in [0.15, 0.2) is 18.2 Å². The van der Waals surface area contributed by atoms with Gasteiger partial charge in [-0.25, -0.2) is 4.39 Å². The second kappa shape index (κ2) is 5.23. The monoisotopic (exact) mass is 270 g/mol. The Kier molecular flexibility index (Phi) is 3.89. The van der Waals surface area contributed by atoms with Crippen molar-refractivity contribution in [2.75, 3.05) is 23.0 Å². The summed E-state index contributed by atoms with van der Waals surface area (Å²) in [5, 5.41) is 0. The fourth-order valence-electron chi connectivity index (χ4n) is 1.99. The Hall–Kier alpha value is -0.810. The summed E-state index contributed by atoms with van der Waals surface area (Å²) in [7, 11) is 0. The molecule has 1 unspecified atom stereocenters. The van der Waals surface area contributed by atoms with Gasteiger partial charge in [0.1, 0.15) is 10.8 Å². The van der Waals surface area contributed by atoms with E-state index >= 15 is 0 Å². The summed E-state index contributed by atoms with van der Waals surface area (Å²) in [6.45, 7) is 3.11. The van der Waals surface area contributed by atoms with E-state index in [1.165, 1.54) is 6.07 Å². The third kappa shape index (κ3) is 2.72. The average molecular weight is 270 g/mol. The minimum Gasteiger partial charge on any atom is -0.389 e. The number of nitrogens with zero attached hydrogens (tertiary/aromatic N) is 1. The lowest BCUT2D eigenvalue weighted by Crippen LogP contribution is -2.40. The molecule has 17 heavy (non-hydrogen) atoms. The van der Waals surface area contributed by atoms with Crippen molar-refractivity contribution in [3.63, 3.8) is 0 Å². The van der Waals surface area contributed by atoms with Crippen LogP contribution in [0.3, 0.4) is 0 Å². The van der Waals surface area contributed by atoms with Gasteiger partial charge in [0.2, 0.25) is 0 Å². The highest BCUT2D eigenvalue weighted by molar-refractivity contribution is 7.99. The first kappa shape index (κ1) is 12.6. The molecule has 5 heteroatoms. The molecule has 0 saturated carbocycles. The van der Waals surface area contributed by atoms with Crippen molar-refractivity contribution >= 4 is 34.7 Å². The van der Waals surface area contributed by atoms with Crippen LogP contribution in [0.5, 0.6) is 0 Å². The molecule has 1 aliphatic rings. The predicted molar refractivity (Wildman–Crippen MR) is 76.4 cm³/mol. The number of nitrogens with two attached hydrogens (primary N) is 1. The zero-order chi connectivity index (χ0) is 12.4. The van der Waals surface area contributed by atoms with Gasteiger partial charge in [-0.05, 0) is 25.1 Å². The van der Waals surface area contributed by atoms with E-state index in [9.17, 15) is 4.39 Å². The van der Waals surface area contributed by atoms with E-state index in [1.54, 1.807) is 6.07 Å². The maximum absolute atomic E-state index is 13.8. The molecule has 2 nitrogen and oxygen atoms in total. The Morgan fingerprint density at radius 2 is 2.35 bits per heavy atom. The number of thioether (sulfide) groups is 1. The van der Waals surface area contributed by atoms with Crippen LogP contribution in [0.2, 0.25) is 0 Å². The Morgan fingerprint density at radius 3 is 2.94 bits per heavy atom. The third-order valence-electron chi connectivity index (χ3n) is 2.92. The molecule has 0 radical (unpaired) electrons. The fourth-order valence-corrected chi connectivity index (χ4v) is 3.17. The quantitative estimate of drug-likeness (QED) is 0.836. The molecule has 0 aliphatic carbocycles. The number of benzene rings is 1. The molecule has 0 bridgehead atoms. The summed E-state index contributed by atoms with van der Waals surface area (Å²) >= 11 is 6.73. The van der Waals surface area contributed by atoms with E-state index in [-0.39, 0.29) is 10.8 Å². The average Bonchev–Trinajstić information content (AvgIpc) is 2.29. The molecule has 0 aromatic heterocycles. The SMILES string of the molecule is CC1CSCCN1c1ccc(C(N)=S)c(F)c1. The smallest absolute Gasteiger partial charge is 0.135 e. The number of halogens is 1. The number of anilines is 1. The molecular weight excluding hydrogens is 255 g/mol. The van der Waals surface area contributed by atoms with E-state index in [1.807, 2.05) is 17.8 Å². The lowest BCUT2D eigenvalue weighted by atomic mass is 10.1. The highest BCUT2D eigenvalue weighted by Crippen LogP contribution is 2.25. The van der Waals surface area contributed by atoms with E-state index in [2.05, 4.69) is 11.8 Å². The maximum Gasteiger partial charge on any atom is 0.135 e. The minimum absolute atomic E-state index is 0.108. The topological polar surface area (TPSA) is 29.3 Å². The largest absolute Gasteiger partial charge is 0.389 e. The van der Waals surface area contributed by atoms with Crippen LogP contribution in [0, 0.1) is 5.82 Å². The van der Waals surface area contributed by atoms with Crippen molar-refractivity contribution in [1.29, 1.82) is 0 Å². The van der Waals surface area contributed by atoms with Crippen molar-refractivity contribution in [3.8, 4) is 0 Å². The van der Waals surface area contributed by atoms with Gasteiger partial charge in [0.25, 0.3) is 0 Å². The van der Waals surface area contributed by atoms with E-state index < -0.39 is 0 Å². The molecule has 1 heterocycles. The van der Waals surface area contributed by atoms with Crippen molar-refractivity contribution in [2.24, 2.45) is 5.73 Å². The van der Waals surface area contributed by atoms with Gasteiger partial charge in [0.15, 0.2) is 0 Å². The van der Waals surface area contributed by atoms with Crippen molar-refractivity contribution in [1.82, 2.24) is 0 Å². The van der Waals surface area contributed by atoms with Crippen molar-refractivity contribution in [3.05, 3.63) is 29.6 Å². The number of hydrogen-bond acceptors (Lipinski definition) is 3. The van der Waals surface area contributed by atoms with Gasteiger partial charge < -0.3 is 10.6 Å². The molecule has 1 saturated heterocycles. The second-order valence-corrected chi connectivity index (χ2v) is 5.74. The van der Waals surface area contributed by atoms with Crippen LogP contribution >= 0.6 is 24.0 Å². The van der Waals surface area contributed by atoms with E-state index in [0.29, 0.717) is 11.6 Å². The molecule has 2 N–H and O–H groups in total. The summed E-state index contributed by atoms with van der Waals surface area (Å²) in [5.74, 6) is 1.84. The van der Waals surface area contributed by atoms with Gasteiger partial charge in [-0.1, -0.05) is 12.2 Å². The number of rotatable bonds is 2. The highest BCUT2D eigenvalue weighted by atomic mass is 32.2. The van der Waals surface area contributed by atoms with E-state index in [0.717, 1.165) is 23.7 Å². The molecule has 1 aromatic carbocycles. The summed E-state index contributed by atoms with van der Waals surface area (Å²) < 4.78 is 13.8. The van der Waals surface area contributed by atoms with Crippen LogP contribution in [-0.4, -0.2) is 29.1 Å². The van der Waals surface area contributed by atoms with Gasteiger partial charge in [0, 0.05) is 35.3 Å². The van der Waals surface area contributed by atoms with Crippen LogP contribution in [0.25, 0.3) is 0 Å².